The highest BCUT2D eigenvalue weighted by atomic mass is 16.5. The van der Waals surface area contributed by atoms with Gasteiger partial charge in [0.15, 0.2) is 17.3 Å². The number of fused-ring (bicyclic) bond motifs is 4. The molecule has 10 heteroatoms. The molecule has 1 aromatic carbocycles. The Morgan fingerprint density at radius 1 is 1.11 bits per heavy atom. The monoisotopic (exact) mass is 521 g/mol. The van der Waals surface area contributed by atoms with Crippen LogP contribution in [0.3, 0.4) is 0 Å². The maximum absolute atomic E-state index is 12.8. The molecule has 2 aliphatic heterocycles. The second kappa shape index (κ2) is 10.4. The number of nitrogens with two attached hydrogens (primary N) is 1. The molecule has 1 amide bonds. The standard InChI is InChI=1S/C28H31N3O7/c1-36-23-7-6-17(9-24(23)37-2)20(11-25(29)33)28-27(35)22(32)10-19(38-28)15-30-12-16-8-18(14-30)21-4-3-5-26(34)31(21)13-16/h3-7,9-10,16,18,20,35H,8,11-15H2,1-2H3,(H2,29,33). The number of ether oxygens (including phenoxy) is 2. The van der Waals surface area contributed by atoms with E-state index in [0.29, 0.717) is 48.4 Å². The molecule has 200 valence electrons. The summed E-state index contributed by atoms with van der Waals surface area (Å²) in [6.07, 6.45) is 0.819. The van der Waals surface area contributed by atoms with E-state index in [9.17, 15) is 19.5 Å². The van der Waals surface area contributed by atoms with Crippen molar-refractivity contribution in [2.24, 2.45) is 11.7 Å². The van der Waals surface area contributed by atoms with Crippen LogP contribution in [0.4, 0.5) is 0 Å². The molecule has 3 unspecified atom stereocenters. The van der Waals surface area contributed by atoms with Gasteiger partial charge in [0.1, 0.15) is 5.76 Å². The summed E-state index contributed by atoms with van der Waals surface area (Å²) in [7, 11) is 3.00. The highest BCUT2D eigenvalue weighted by Gasteiger charge is 2.35. The number of pyridine rings is 1. The predicted octanol–water partition coefficient (Wildman–Crippen LogP) is 2.15. The molecule has 0 spiro atoms. The predicted molar refractivity (Wildman–Crippen MR) is 139 cm³/mol. The van der Waals surface area contributed by atoms with E-state index in [1.807, 2.05) is 10.6 Å². The van der Waals surface area contributed by atoms with Crippen LogP contribution in [0.1, 0.15) is 47.5 Å². The second-order valence-corrected chi connectivity index (χ2v) is 10.0. The largest absolute Gasteiger partial charge is 0.502 e. The molecular weight excluding hydrogens is 490 g/mol. The number of aromatic nitrogens is 1. The maximum atomic E-state index is 12.8. The molecule has 3 atom stereocenters. The fourth-order valence-corrected chi connectivity index (χ4v) is 5.85. The van der Waals surface area contributed by atoms with Crippen molar-refractivity contribution in [2.75, 3.05) is 27.3 Å². The molecule has 0 aliphatic carbocycles. The van der Waals surface area contributed by atoms with Crippen molar-refractivity contribution in [3.63, 3.8) is 0 Å². The Kier molecular flexibility index (Phi) is 6.98. The zero-order chi connectivity index (χ0) is 27.0. The van der Waals surface area contributed by atoms with E-state index in [4.69, 9.17) is 19.6 Å². The van der Waals surface area contributed by atoms with Crippen LogP contribution in [-0.4, -0.2) is 47.8 Å². The van der Waals surface area contributed by atoms with E-state index in [2.05, 4.69) is 4.90 Å². The topological polar surface area (TPSA) is 137 Å². The molecule has 10 nitrogen and oxygen atoms in total. The number of hydrogen-bond acceptors (Lipinski definition) is 8. The Morgan fingerprint density at radius 3 is 2.63 bits per heavy atom. The van der Waals surface area contributed by atoms with Crippen LogP contribution in [-0.2, 0) is 17.9 Å². The van der Waals surface area contributed by atoms with E-state index in [-0.39, 0.29) is 23.7 Å². The molecule has 38 heavy (non-hydrogen) atoms. The molecule has 0 saturated carbocycles. The van der Waals surface area contributed by atoms with Crippen molar-refractivity contribution in [1.29, 1.82) is 0 Å². The second-order valence-electron chi connectivity index (χ2n) is 10.0. The molecule has 5 rings (SSSR count). The molecular formula is C28H31N3O7. The van der Waals surface area contributed by atoms with Gasteiger partial charge in [-0.05, 0) is 36.1 Å². The number of carbonyl (C=O) groups is 1. The number of piperidine rings is 1. The molecule has 1 saturated heterocycles. The number of likely N-dealkylation sites (tertiary alicyclic amines) is 1. The van der Waals surface area contributed by atoms with Crippen LogP contribution < -0.4 is 26.2 Å². The summed E-state index contributed by atoms with van der Waals surface area (Å²) in [5.41, 5.74) is 6.58. The van der Waals surface area contributed by atoms with Crippen LogP contribution in [0.5, 0.6) is 17.2 Å². The van der Waals surface area contributed by atoms with Gasteiger partial charge in [0.05, 0.1) is 26.7 Å². The lowest BCUT2D eigenvalue weighted by atomic mass is 9.83. The molecule has 2 aromatic heterocycles. The number of rotatable bonds is 8. The average molecular weight is 522 g/mol. The van der Waals surface area contributed by atoms with Crippen molar-refractivity contribution in [1.82, 2.24) is 9.47 Å². The summed E-state index contributed by atoms with van der Waals surface area (Å²) in [6, 6.07) is 11.7. The fourth-order valence-electron chi connectivity index (χ4n) is 5.85. The molecule has 3 N–H and O–H groups in total. The number of aromatic hydroxyl groups is 1. The van der Waals surface area contributed by atoms with Gasteiger partial charge in [0, 0.05) is 49.8 Å². The van der Waals surface area contributed by atoms with Crippen LogP contribution in [0.2, 0.25) is 0 Å². The molecule has 2 bridgehead atoms. The Hall–Kier alpha value is -4.05. The van der Waals surface area contributed by atoms with E-state index in [1.165, 1.54) is 20.3 Å². The highest BCUT2D eigenvalue weighted by Crippen LogP contribution is 2.39. The number of carbonyl (C=O) groups excluding carboxylic acids is 1. The number of primary amides is 1. The minimum Gasteiger partial charge on any atom is -0.502 e. The van der Waals surface area contributed by atoms with Gasteiger partial charge >= 0.3 is 0 Å². The number of hydrogen-bond donors (Lipinski definition) is 2. The summed E-state index contributed by atoms with van der Waals surface area (Å²) in [6.45, 7) is 2.46. The Balaban J connectivity index is 1.46. The molecule has 1 fully saturated rings. The Labute approximate surface area is 219 Å². The summed E-state index contributed by atoms with van der Waals surface area (Å²) < 4.78 is 18.7. The normalized spacial score (nSPS) is 19.4. The van der Waals surface area contributed by atoms with Gasteiger partial charge in [-0.1, -0.05) is 12.1 Å². The Bertz CT molecular complexity index is 1480. The average Bonchev–Trinajstić information content (AvgIpc) is 2.89. The zero-order valence-electron chi connectivity index (χ0n) is 21.4. The van der Waals surface area contributed by atoms with Crippen molar-refractivity contribution in [2.45, 2.75) is 37.8 Å². The quantitative estimate of drug-likeness (QED) is 0.460. The first-order valence-corrected chi connectivity index (χ1v) is 12.6. The lowest BCUT2D eigenvalue weighted by molar-refractivity contribution is -0.118. The molecule has 0 radical (unpaired) electrons. The number of benzene rings is 1. The first-order valence-electron chi connectivity index (χ1n) is 12.6. The van der Waals surface area contributed by atoms with Gasteiger partial charge < -0.3 is 29.3 Å². The number of nitrogens with zero attached hydrogens (tertiary/aromatic N) is 2. The summed E-state index contributed by atoms with van der Waals surface area (Å²) >= 11 is 0. The van der Waals surface area contributed by atoms with Gasteiger partial charge in [-0.25, -0.2) is 0 Å². The van der Waals surface area contributed by atoms with Crippen LogP contribution in [0.15, 0.2) is 56.5 Å². The van der Waals surface area contributed by atoms with Crippen molar-refractivity contribution in [3.8, 4) is 17.2 Å². The summed E-state index contributed by atoms with van der Waals surface area (Å²) in [4.78, 5) is 39.4. The third kappa shape index (κ3) is 4.91. The highest BCUT2D eigenvalue weighted by molar-refractivity contribution is 5.75. The van der Waals surface area contributed by atoms with Gasteiger partial charge in [-0.2, -0.15) is 0 Å². The van der Waals surface area contributed by atoms with Gasteiger partial charge in [-0.15, -0.1) is 0 Å². The van der Waals surface area contributed by atoms with Crippen molar-refractivity contribution < 1.29 is 23.8 Å². The van der Waals surface area contributed by atoms with E-state index < -0.39 is 23.0 Å². The first-order chi connectivity index (χ1) is 18.3. The number of amides is 1. The van der Waals surface area contributed by atoms with Crippen LogP contribution >= 0.6 is 0 Å². The first kappa shape index (κ1) is 25.6. The van der Waals surface area contributed by atoms with Crippen molar-refractivity contribution in [3.05, 3.63) is 85.8 Å². The number of methoxy groups -OCH3 is 2. The minimum atomic E-state index is -0.806. The summed E-state index contributed by atoms with van der Waals surface area (Å²) in [5.74, 6) is -0.193. The van der Waals surface area contributed by atoms with Gasteiger partial charge in [0.2, 0.25) is 17.1 Å². The molecule has 4 heterocycles. The van der Waals surface area contributed by atoms with E-state index in [1.54, 1.807) is 30.3 Å². The van der Waals surface area contributed by atoms with Gasteiger partial charge in [0.25, 0.3) is 5.56 Å². The van der Waals surface area contributed by atoms with Gasteiger partial charge in [-0.3, -0.25) is 19.3 Å². The Morgan fingerprint density at radius 2 is 1.89 bits per heavy atom. The van der Waals surface area contributed by atoms with E-state index in [0.717, 1.165) is 18.7 Å². The SMILES string of the molecule is COc1ccc(C(CC(N)=O)c2oc(CN3CC4CC(C3)c3cccc(=O)n3C4)cc(=O)c2O)cc1OC. The fraction of sp³-hybridized carbons (Fsp3) is 0.393. The molecule has 3 aromatic rings. The smallest absolute Gasteiger partial charge is 0.250 e. The lowest BCUT2D eigenvalue weighted by Crippen LogP contribution is -2.46. The summed E-state index contributed by atoms with van der Waals surface area (Å²) in [5, 5.41) is 10.7. The maximum Gasteiger partial charge on any atom is 0.250 e. The van der Waals surface area contributed by atoms with Crippen LogP contribution in [0, 0.1) is 5.92 Å². The van der Waals surface area contributed by atoms with Crippen LogP contribution in [0.25, 0.3) is 0 Å². The van der Waals surface area contributed by atoms with E-state index >= 15 is 0 Å². The zero-order valence-corrected chi connectivity index (χ0v) is 21.4. The third-order valence-electron chi connectivity index (χ3n) is 7.47. The lowest BCUT2D eigenvalue weighted by Gasteiger charge is -2.42. The molecule has 2 aliphatic rings. The third-order valence-corrected chi connectivity index (χ3v) is 7.47. The van der Waals surface area contributed by atoms with Crippen molar-refractivity contribution >= 4 is 5.91 Å². The minimum absolute atomic E-state index is 0.0207.